The molecular weight excluding hydrogens is 497 g/mol. The van der Waals surface area contributed by atoms with E-state index in [1.54, 1.807) is 6.07 Å². The van der Waals surface area contributed by atoms with Crippen molar-refractivity contribution in [2.45, 2.75) is 95.3 Å². The molecule has 1 spiro atoms. The third-order valence-corrected chi connectivity index (χ3v) is 8.06. The van der Waals surface area contributed by atoms with Crippen LogP contribution in [0.1, 0.15) is 75.5 Å². The number of carbonyl (C=O) groups excluding carboxylic acids is 2. The van der Waals surface area contributed by atoms with Crippen molar-refractivity contribution in [3.05, 3.63) is 46.5 Å². The van der Waals surface area contributed by atoms with Gasteiger partial charge in [0.25, 0.3) is 5.91 Å². The fourth-order valence-electron chi connectivity index (χ4n) is 5.53. The maximum Gasteiger partial charge on any atom is 0.287 e. The summed E-state index contributed by atoms with van der Waals surface area (Å²) in [5, 5.41) is 20.5. The highest BCUT2D eigenvalue weighted by Gasteiger charge is 2.47. The van der Waals surface area contributed by atoms with E-state index >= 15 is 0 Å². The van der Waals surface area contributed by atoms with Crippen LogP contribution in [-0.2, 0) is 29.1 Å². The van der Waals surface area contributed by atoms with E-state index in [0.717, 1.165) is 89.5 Å². The summed E-state index contributed by atoms with van der Waals surface area (Å²) in [7, 11) is 0. The number of rotatable bonds is 13. The van der Waals surface area contributed by atoms with Gasteiger partial charge in [0.1, 0.15) is 5.82 Å². The van der Waals surface area contributed by atoms with Gasteiger partial charge >= 0.3 is 0 Å². The lowest BCUT2D eigenvalue weighted by Gasteiger charge is -2.55. The van der Waals surface area contributed by atoms with Crippen molar-refractivity contribution in [1.82, 2.24) is 25.2 Å². The first kappa shape index (κ1) is 27.7. The molecule has 1 saturated heterocycles. The number of likely N-dealkylation sites (tertiary alicyclic amines) is 1. The van der Waals surface area contributed by atoms with Crippen LogP contribution in [0.2, 0.25) is 5.02 Å². The second-order valence-corrected chi connectivity index (χ2v) is 10.9. The number of halogens is 2. The van der Waals surface area contributed by atoms with E-state index < -0.39 is 17.5 Å². The first-order valence-electron chi connectivity index (χ1n) is 13.4. The molecule has 1 unspecified atom stereocenters. The molecule has 2 N–H and O–H groups in total. The van der Waals surface area contributed by atoms with Crippen molar-refractivity contribution in [3.63, 3.8) is 0 Å². The summed E-state index contributed by atoms with van der Waals surface area (Å²) in [6, 6.07) is 4.10. The summed E-state index contributed by atoms with van der Waals surface area (Å²) in [4.78, 5) is 27.5. The molecule has 202 valence electrons. The molecule has 1 aliphatic heterocycles. The largest absolute Gasteiger partial charge is 0.396 e. The molecule has 1 aromatic carbocycles. The van der Waals surface area contributed by atoms with E-state index in [4.69, 9.17) is 16.7 Å². The molecule has 2 fully saturated rings. The van der Waals surface area contributed by atoms with Gasteiger partial charge in [-0.1, -0.05) is 42.1 Å². The van der Waals surface area contributed by atoms with Crippen LogP contribution in [0.15, 0.2) is 24.4 Å². The molecule has 8 nitrogen and oxygen atoms in total. The molecule has 2 heterocycles. The van der Waals surface area contributed by atoms with Crippen molar-refractivity contribution < 1.29 is 19.1 Å². The fourth-order valence-corrected chi connectivity index (χ4v) is 5.64. The number of aromatic nitrogens is 3. The average molecular weight is 534 g/mol. The van der Waals surface area contributed by atoms with Gasteiger partial charge in [-0.05, 0) is 62.6 Å². The molecular formula is C27H37ClFN5O3. The minimum Gasteiger partial charge on any atom is -0.396 e. The number of hydrogen-bond acceptors (Lipinski definition) is 6. The molecule has 0 radical (unpaired) electrons. The normalized spacial score (nSPS) is 19.1. The van der Waals surface area contributed by atoms with Gasteiger partial charge in [-0.15, -0.1) is 5.10 Å². The molecule has 37 heavy (non-hydrogen) atoms. The number of aryl methyl sites for hydroxylation is 1. The molecule has 2 aliphatic rings. The number of Topliss-reactive ketones (excluding diaryl/α,β-unsaturated/α-hetero) is 1. The minimum atomic E-state index is -0.609. The number of aliphatic hydroxyl groups excluding tert-OH is 1. The number of nitrogens with zero attached hydrogens (tertiary/aromatic N) is 4. The van der Waals surface area contributed by atoms with Gasteiger partial charge in [-0.3, -0.25) is 19.2 Å². The quantitative estimate of drug-likeness (QED) is 0.300. The Hall–Kier alpha value is -2.36. The lowest BCUT2D eigenvalue weighted by molar-refractivity contribution is -0.138. The third kappa shape index (κ3) is 7.36. The number of aliphatic hydroxyl groups is 1. The van der Waals surface area contributed by atoms with Crippen LogP contribution in [-0.4, -0.2) is 61.4 Å². The second kappa shape index (κ2) is 12.9. The Morgan fingerprint density at radius 1 is 1.19 bits per heavy atom. The van der Waals surface area contributed by atoms with Crippen molar-refractivity contribution in [3.8, 4) is 0 Å². The zero-order valence-corrected chi connectivity index (χ0v) is 22.1. The van der Waals surface area contributed by atoms with Gasteiger partial charge in [0.05, 0.1) is 10.7 Å². The lowest BCUT2D eigenvalue weighted by atomic mass is 9.68. The van der Waals surface area contributed by atoms with Crippen molar-refractivity contribution in [1.29, 1.82) is 0 Å². The summed E-state index contributed by atoms with van der Waals surface area (Å²) in [6.45, 7) is 2.67. The maximum atomic E-state index is 13.7. The second-order valence-electron chi connectivity index (χ2n) is 10.5. The van der Waals surface area contributed by atoms with Gasteiger partial charge in [0, 0.05) is 50.4 Å². The summed E-state index contributed by atoms with van der Waals surface area (Å²) in [6.07, 6.45) is 12.0. The maximum absolute atomic E-state index is 13.7. The lowest BCUT2D eigenvalue weighted by Crippen LogP contribution is -2.61. The van der Waals surface area contributed by atoms with Crippen LogP contribution in [0.3, 0.4) is 0 Å². The molecule has 2 aromatic rings. The predicted molar refractivity (Wildman–Crippen MR) is 138 cm³/mol. The van der Waals surface area contributed by atoms with Gasteiger partial charge in [-0.2, -0.15) is 0 Å². The first-order valence-corrected chi connectivity index (χ1v) is 13.8. The highest BCUT2D eigenvalue weighted by atomic mass is 35.5. The summed E-state index contributed by atoms with van der Waals surface area (Å²) >= 11 is 5.70. The monoisotopic (exact) mass is 533 g/mol. The Bertz CT molecular complexity index is 1070. The molecule has 4 rings (SSSR count). The van der Waals surface area contributed by atoms with Gasteiger partial charge in [-0.25, -0.2) is 4.39 Å². The van der Waals surface area contributed by atoms with Crippen molar-refractivity contribution in [2.24, 2.45) is 0 Å². The van der Waals surface area contributed by atoms with E-state index in [1.165, 1.54) is 12.1 Å². The van der Waals surface area contributed by atoms with E-state index in [1.807, 2.05) is 10.9 Å². The standard InChI is InChI=1S/C27H37ClFN5O3/c28-23-8-7-20(15-24(23)29)16-25(36)26(37)30-21-9-13-33(27(17-21)10-6-11-27)18-22-19-34(32-31-22)12-4-2-1-3-5-14-35/h7-8,15,19,21,35H,1-6,9-14,16-18H2,(H,30,37). The molecule has 1 atom stereocenters. The fraction of sp³-hybridized carbons (Fsp3) is 0.630. The Labute approximate surface area is 222 Å². The van der Waals surface area contributed by atoms with Crippen LogP contribution in [0.25, 0.3) is 0 Å². The topological polar surface area (TPSA) is 100 Å². The Morgan fingerprint density at radius 3 is 2.70 bits per heavy atom. The first-order chi connectivity index (χ1) is 17.9. The Balaban J connectivity index is 1.25. The molecule has 1 aliphatic carbocycles. The number of benzene rings is 1. The highest BCUT2D eigenvalue weighted by Crippen LogP contribution is 2.45. The van der Waals surface area contributed by atoms with Crippen LogP contribution < -0.4 is 5.32 Å². The number of hydrogen-bond donors (Lipinski definition) is 2. The predicted octanol–water partition coefficient (Wildman–Crippen LogP) is 3.83. The van der Waals surface area contributed by atoms with E-state index in [0.29, 0.717) is 5.56 Å². The molecule has 1 saturated carbocycles. The summed E-state index contributed by atoms with van der Waals surface area (Å²) in [5.74, 6) is -1.78. The van der Waals surface area contributed by atoms with Crippen LogP contribution >= 0.6 is 11.6 Å². The van der Waals surface area contributed by atoms with Crippen LogP contribution in [0, 0.1) is 5.82 Å². The Kier molecular flexibility index (Phi) is 9.67. The van der Waals surface area contributed by atoms with Gasteiger partial charge in [0.15, 0.2) is 0 Å². The number of unbranched alkanes of at least 4 members (excludes halogenated alkanes) is 4. The van der Waals surface area contributed by atoms with Crippen molar-refractivity contribution >= 4 is 23.3 Å². The number of piperidine rings is 1. The molecule has 10 heteroatoms. The van der Waals surface area contributed by atoms with Crippen LogP contribution in [0.4, 0.5) is 4.39 Å². The molecule has 1 amide bonds. The third-order valence-electron chi connectivity index (χ3n) is 7.75. The Morgan fingerprint density at radius 2 is 1.97 bits per heavy atom. The SMILES string of the molecule is O=C(Cc1ccc(Cl)c(F)c1)C(=O)NC1CCN(Cc2cn(CCCCCCCO)nn2)C2(CCC2)C1. The van der Waals surface area contributed by atoms with Gasteiger partial charge < -0.3 is 10.4 Å². The number of amides is 1. The highest BCUT2D eigenvalue weighted by molar-refractivity contribution is 6.36. The zero-order valence-electron chi connectivity index (χ0n) is 21.3. The van der Waals surface area contributed by atoms with Crippen LogP contribution in [0.5, 0.6) is 0 Å². The number of carbonyl (C=O) groups is 2. The summed E-state index contributed by atoms with van der Waals surface area (Å²) < 4.78 is 15.6. The number of nitrogens with one attached hydrogen (secondary N) is 1. The zero-order chi connectivity index (χ0) is 26.3. The molecule has 1 aromatic heterocycles. The van der Waals surface area contributed by atoms with E-state index in [2.05, 4.69) is 20.5 Å². The van der Waals surface area contributed by atoms with E-state index in [-0.39, 0.29) is 29.6 Å². The summed E-state index contributed by atoms with van der Waals surface area (Å²) in [5.41, 5.74) is 1.41. The minimum absolute atomic E-state index is 0.00828. The number of ketones is 1. The van der Waals surface area contributed by atoms with Gasteiger partial charge in [0.2, 0.25) is 5.78 Å². The van der Waals surface area contributed by atoms with E-state index in [9.17, 15) is 14.0 Å². The smallest absolute Gasteiger partial charge is 0.287 e. The molecule has 0 bridgehead atoms. The average Bonchev–Trinajstić information content (AvgIpc) is 3.30. The van der Waals surface area contributed by atoms with Crippen molar-refractivity contribution in [2.75, 3.05) is 13.2 Å².